The topological polar surface area (TPSA) is 87.9 Å². The standard InChI is InChI=1S/C16H21F3N6O/c1-9-11(8-22-25(9)12-5-4-6-15(12,2)26)23-14-21-7-10(16(17,18)19)13(20-3)24-14/h7-8,12,26H,4-6H2,1-3H3,(H2,20,21,23,24)/t12-,15?/m1/s1. The van der Waals surface area contributed by atoms with Gasteiger partial charge >= 0.3 is 6.18 Å². The van der Waals surface area contributed by atoms with Crippen LogP contribution < -0.4 is 10.6 Å². The number of nitrogens with zero attached hydrogens (tertiary/aromatic N) is 4. The summed E-state index contributed by atoms with van der Waals surface area (Å²) in [6.45, 7) is 3.61. The fourth-order valence-corrected chi connectivity index (χ4v) is 3.34. The number of aliphatic hydroxyl groups is 1. The Morgan fingerprint density at radius 3 is 2.65 bits per heavy atom. The van der Waals surface area contributed by atoms with Crippen LogP contribution in [0.15, 0.2) is 12.4 Å². The van der Waals surface area contributed by atoms with E-state index in [4.69, 9.17) is 0 Å². The van der Waals surface area contributed by atoms with Crippen LogP contribution >= 0.6 is 0 Å². The SMILES string of the molecule is CNc1nc(Nc2cnn([C@@H]3CCCC3(C)O)c2C)ncc1C(F)(F)F. The number of aromatic nitrogens is 4. The van der Waals surface area contributed by atoms with Crippen LogP contribution in [-0.2, 0) is 6.18 Å². The number of alkyl halides is 3. The van der Waals surface area contributed by atoms with Crippen LogP contribution in [0.3, 0.4) is 0 Å². The molecule has 1 aliphatic rings. The maximum Gasteiger partial charge on any atom is 0.421 e. The molecule has 2 aromatic heterocycles. The predicted octanol–water partition coefficient (Wildman–Crippen LogP) is 3.26. The van der Waals surface area contributed by atoms with E-state index in [-0.39, 0.29) is 17.8 Å². The van der Waals surface area contributed by atoms with E-state index in [0.29, 0.717) is 12.1 Å². The summed E-state index contributed by atoms with van der Waals surface area (Å²) in [5, 5.41) is 20.2. The molecule has 0 aromatic carbocycles. The van der Waals surface area contributed by atoms with Crippen molar-refractivity contribution in [3.63, 3.8) is 0 Å². The summed E-state index contributed by atoms with van der Waals surface area (Å²) in [5.74, 6) is -0.276. The monoisotopic (exact) mass is 370 g/mol. The van der Waals surface area contributed by atoms with Crippen LogP contribution in [0.5, 0.6) is 0 Å². The molecule has 0 aliphatic heterocycles. The second-order valence-electron chi connectivity index (χ2n) is 6.68. The lowest BCUT2D eigenvalue weighted by molar-refractivity contribution is -0.137. The third kappa shape index (κ3) is 3.33. The molecule has 142 valence electrons. The highest BCUT2D eigenvalue weighted by molar-refractivity contribution is 5.58. The Hall–Kier alpha value is -2.36. The van der Waals surface area contributed by atoms with Gasteiger partial charge in [-0.1, -0.05) is 0 Å². The summed E-state index contributed by atoms with van der Waals surface area (Å²) in [7, 11) is 1.37. The van der Waals surface area contributed by atoms with Crippen LogP contribution in [0.1, 0.15) is 43.5 Å². The molecule has 2 atom stereocenters. The molecule has 1 unspecified atom stereocenters. The molecule has 0 radical (unpaired) electrons. The molecule has 0 bridgehead atoms. The quantitative estimate of drug-likeness (QED) is 0.766. The number of halogens is 3. The van der Waals surface area contributed by atoms with Gasteiger partial charge in [0.25, 0.3) is 0 Å². The molecule has 0 spiro atoms. The number of nitrogens with one attached hydrogen (secondary N) is 2. The van der Waals surface area contributed by atoms with Crippen molar-refractivity contribution in [1.29, 1.82) is 0 Å². The lowest BCUT2D eigenvalue weighted by Gasteiger charge is -2.26. The van der Waals surface area contributed by atoms with Crippen LogP contribution in [0, 0.1) is 6.92 Å². The summed E-state index contributed by atoms with van der Waals surface area (Å²) in [5.41, 5.74) is -0.431. The van der Waals surface area contributed by atoms with Crippen LogP contribution in [0.25, 0.3) is 0 Å². The van der Waals surface area contributed by atoms with Crippen LogP contribution in [0.4, 0.5) is 30.6 Å². The van der Waals surface area contributed by atoms with Gasteiger partial charge in [0.1, 0.15) is 11.4 Å². The van der Waals surface area contributed by atoms with Crippen molar-refractivity contribution in [3.8, 4) is 0 Å². The van der Waals surface area contributed by atoms with Crippen molar-refractivity contribution in [1.82, 2.24) is 19.7 Å². The largest absolute Gasteiger partial charge is 0.421 e. The second kappa shape index (κ2) is 6.42. The smallest absolute Gasteiger partial charge is 0.388 e. The van der Waals surface area contributed by atoms with E-state index in [0.717, 1.165) is 24.7 Å². The van der Waals surface area contributed by atoms with E-state index in [2.05, 4.69) is 25.7 Å². The van der Waals surface area contributed by atoms with Crippen molar-refractivity contribution in [3.05, 3.63) is 23.7 Å². The molecule has 3 N–H and O–H groups in total. The Morgan fingerprint density at radius 2 is 2.08 bits per heavy atom. The Bertz CT molecular complexity index is 802. The molecule has 10 heteroatoms. The molecular weight excluding hydrogens is 349 g/mol. The Balaban J connectivity index is 1.86. The van der Waals surface area contributed by atoms with Gasteiger partial charge in [-0.3, -0.25) is 4.68 Å². The molecule has 2 heterocycles. The minimum absolute atomic E-state index is 0.0307. The van der Waals surface area contributed by atoms with Gasteiger partial charge in [-0.2, -0.15) is 23.3 Å². The van der Waals surface area contributed by atoms with Crippen LogP contribution in [0.2, 0.25) is 0 Å². The highest BCUT2D eigenvalue weighted by atomic mass is 19.4. The maximum atomic E-state index is 12.9. The zero-order valence-corrected chi connectivity index (χ0v) is 14.7. The van der Waals surface area contributed by atoms with Crippen molar-refractivity contribution in [2.24, 2.45) is 0 Å². The number of anilines is 3. The molecule has 0 amide bonds. The van der Waals surface area contributed by atoms with Gasteiger partial charge in [-0.05, 0) is 33.1 Å². The molecule has 26 heavy (non-hydrogen) atoms. The summed E-state index contributed by atoms with van der Waals surface area (Å²) in [4.78, 5) is 7.65. The molecular formula is C16H21F3N6O. The molecule has 3 rings (SSSR count). The molecule has 1 saturated carbocycles. The zero-order chi connectivity index (χ0) is 19.1. The van der Waals surface area contributed by atoms with Gasteiger partial charge in [0.15, 0.2) is 0 Å². The van der Waals surface area contributed by atoms with E-state index in [1.165, 1.54) is 7.05 Å². The first kappa shape index (κ1) is 18.4. The minimum atomic E-state index is -4.54. The summed E-state index contributed by atoms with van der Waals surface area (Å²) in [6.07, 6.45) is 0.189. The van der Waals surface area contributed by atoms with Gasteiger partial charge in [0.2, 0.25) is 5.95 Å². The molecule has 2 aromatic rings. The highest BCUT2D eigenvalue weighted by Crippen LogP contribution is 2.40. The van der Waals surface area contributed by atoms with Gasteiger partial charge in [0.05, 0.1) is 29.2 Å². The van der Waals surface area contributed by atoms with E-state index < -0.39 is 17.3 Å². The second-order valence-corrected chi connectivity index (χ2v) is 6.68. The molecule has 0 saturated heterocycles. The van der Waals surface area contributed by atoms with Crippen molar-refractivity contribution < 1.29 is 18.3 Å². The minimum Gasteiger partial charge on any atom is -0.388 e. The lowest BCUT2D eigenvalue weighted by Crippen LogP contribution is -2.32. The lowest BCUT2D eigenvalue weighted by atomic mass is 10.0. The number of hydrogen-bond donors (Lipinski definition) is 3. The van der Waals surface area contributed by atoms with Gasteiger partial charge < -0.3 is 15.7 Å². The summed E-state index contributed by atoms with van der Waals surface area (Å²) >= 11 is 0. The van der Waals surface area contributed by atoms with Crippen molar-refractivity contribution in [2.45, 2.75) is 50.9 Å². The average Bonchev–Trinajstić information content (AvgIpc) is 3.08. The first-order chi connectivity index (χ1) is 12.1. The highest BCUT2D eigenvalue weighted by Gasteiger charge is 2.39. The fourth-order valence-electron chi connectivity index (χ4n) is 3.34. The van der Waals surface area contributed by atoms with Crippen molar-refractivity contribution >= 4 is 17.5 Å². The predicted molar refractivity (Wildman–Crippen MR) is 90.3 cm³/mol. The molecule has 1 aliphatic carbocycles. The van der Waals surface area contributed by atoms with E-state index in [1.807, 2.05) is 6.92 Å². The summed E-state index contributed by atoms with van der Waals surface area (Å²) < 4.78 is 40.5. The zero-order valence-electron chi connectivity index (χ0n) is 14.7. The van der Waals surface area contributed by atoms with Gasteiger partial charge in [-0.25, -0.2) is 4.98 Å². The number of hydrogen-bond acceptors (Lipinski definition) is 6. The van der Waals surface area contributed by atoms with Gasteiger partial charge in [-0.15, -0.1) is 0 Å². The first-order valence-electron chi connectivity index (χ1n) is 8.29. The van der Waals surface area contributed by atoms with E-state index in [1.54, 1.807) is 17.8 Å². The third-order valence-electron chi connectivity index (χ3n) is 4.80. The maximum absolute atomic E-state index is 12.9. The molecule has 7 nitrogen and oxygen atoms in total. The Morgan fingerprint density at radius 1 is 1.35 bits per heavy atom. The molecule has 1 fully saturated rings. The van der Waals surface area contributed by atoms with Crippen LogP contribution in [-0.4, -0.2) is 37.5 Å². The Kier molecular flexibility index (Phi) is 4.55. The van der Waals surface area contributed by atoms with Gasteiger partial charge in [0, 0.05) is 13.2 Å². The fraction of sp³-hybridized carbons (Fsp3) is 0.562. The normalized spacial score (nSPS) is 23.3. The van der Waals surface area contributed by atoms with E-state index >= 15 is 0 Å². The van der Waals surface area contributed by atoms with Crippen molar-refractivity contribution in [2.75, 3.05) is 17.7 Å². The van der Waals surface area contributed by atoms with E-state index in [9.17, 15) is 18.3 Å². The average molecular weight is 370 g/mol. The third-order valence-corrected chi connectivity index (χ3v) is 4.80. The first-order valence-corrected chi connectivity index (χ1v) is 8.29. The number of rotatable bonds is 4. The summed E-state index contributed by atoms with van der Waals surface area (Å²) in [6, 6.07) is -0.139. The Labute approximate surface area is 148 Å².